The second kappa shape index (κ2) is 6.35. The minimum absolute atomic E-state index is 0.150. The van der Waals surface area contributed by atoms with Gasteiger partial charge in [0.1, 0.15) is 23.1 Å². The van der Waals surface area contributed by atoms with Gasteiger partial charge in [0.05, 0.1) is 29.0 Å². The molecule has 4 rings (SSSR count). The monoisotopic (exact) mass is 367 g/mol. The molecule has 0 fully saturated rings. The van der Waals surface area contributed by atoms with Gasteiger partial charge in [-0.15, -0.1) is 0 Å². The quantitative estimate of drug-likeness (QED) is 0.572. The van der Waals surface area contributed by atoms with Gasteiger partial charge in [0, 0.05) is 26.5 Å². The fourth-order valence-corrected chi connectivity index (χ4v) is 2.93. The zero-order valence-electron chi connectivity index (χ0n) is 15.3. The maximum absolute atomic E-state index is 14.1. The van der Waals surface area contributed by atoms with E-state index in [9.17, 15) is 4.39 Å². The van der Waals surface area contributed by atoms with Gasteiger partial charge in [0.15, 0.2) is 5.75 Å². The number of anilines is 2. The number of benzene rings is 1. The van der Waals surface area contributed by atoms with E-state index in [0.29, 0.717) is 34.1 Å². The Morgan fingerprint density at radius 1 is 1.15 bits per heavy atom. The number of aromatic amines is 1. The maximum Gasteiger partial charge on any atom is 0.326 e. The fourth-order valence-electron chi connectivity index (χ4n) is 2.93. The van der Waals surface area contributed by atoms with Crippen LogP contribution in [0.25, 0.3) is 21.9 Å². The van der Waals surface area contributed by atoms with Gasteiger partial charge in [-0.3, -0.25) is 0 Å². The molecule has 0 aliphatic carbocycles. The van der Waals surface area contributed by atoms with Crippen LogP contribution in [0.15, 0.2) is 24.5 Å². The summed E-state index contributed by atoms with van der Waals surface area (Å²) in [5.41, 5.74) is 1.94. The number of H-pyrrole nitrogens is 1. The van der Waals surface area contributed by atoms with Crippen molar-refractivity contribution in [2.45, 2.75) is 6.92 Å². The number of ether oxygens (including phenoxy) is 1. The van der Waals surface area contributed by atoms with Gasteiger partial charge in [0.2, 0.25) is 0 Å². The average molecular weight is 367 g/mol. The van der Waals surface area contributed by atoms with Crippen LogP contribution in [0, 0.1) is 12.7 Å². The van der Waals surface area contributed by atoms with Crippen LogP contribution in [-0.2, 0) is 0 Å². The molecule has 1 aromatic carbocycles. The predicted molar refractivity (Wildman–Crippen MR) is 102 cm³/mol. The molecule has 0 spiro atoms. The summed E-state index contributed by atoms with van der Waals surface area (Å²) in [6.45, 7) is 1.79. The zero-order chi connectivity index (χ0) is 19.1. The van der Waals surface area contributed by atoms with E-state index in [4.69, 9.17) is 4.74 Å². The lowest BCUT2D eigenvalue weighted by Crippen LogP contribution is -2.12. The number of rotatable bonds is 4. The van der Waals surface area contributed by atoms with Crippen molar-refractivity contribution in [3.63, 3.8) is 0 Å². The number of nitrogens with zero attached hydrogens (tertiary/aromatic N) is 5. The molecule has 8 nitrogen and oxygen atoms in total. The molecule has 0 saturated carbocycles. The van der Waals surface area contributed by atoms with E-state index < -0.39 is 0 Å². The minimum atomic E-state index is -0.338. The number of hydrogen-bond acceptors (Lipinski definition) is 7. The highest BCUT2D eigenvalue weighted by Crippen LogP contribution is 2.36. The number of nitrogens with one attached hydrogen (secondary N) is 2. The van der Waals surface area contributed by atoms with E-state index in [1.165, 1.54) is 12.1 Å². The summed E-state index contributed by atoms with van der Waals surface area (Å²) in [6, 6.07) is 3.05. The van der Waals surface area contributed by atoms with Gasteiger partial charge >= 0.3 is 6.01 Å². The first-order valence-corrected chi connectivity index (χ1v) is 8.31. The molecule has 3 heterocycles. The highest BCUT2D eigenvalue weighted by Gasteiger charge is 2.19. The minimum Gasteiger partial charge on any atom is -0.421 e. The van der Waals surface area contributed by atoms with Crippen molar-refractivity contribution in [2.75, 3.05) is 31.4 Å². The van der Waals surface area contributed by atoms with Crippen molar-refractivity contribution in [2.24, 2.45) is 0 Å². The van der Waals surface area contributed by atoms with Crippen LogP contribution >= 0.6 is 0 Å². The van der Waals surface area contributed by atoms with Crippen LogP contribution in [0.4, 0.5) is 15.9 Å². The molecule has 3 aromatic heterocycles. The first-order chi connectivity index (χ1) is 13.0. The third-order valence-corrected chi connectivity index (χ3v) is 4.14. The van der Waals surface area contributed by atoms with Crippen LogP contribution in [0.1, 0.15) is 5.82 Å². The fraction of sp³-hybridized carbons (Fsp3) is 0.222. The van der Waals surface area contributed by atoms with Crippen molar-refractivity contribution in [3.8, 4) is 11.8 Å². The van der Waals surface area contributed by atoms with E-state index in [2.05, 4.69) is 30.2 Å². The number of aromatic nitrogens is 5. The molecule has 0 atom stereocenters. The lowest BCUT2D eigenvalue weighted by molar-refractivity contribution is 0.439. The number of halogens is 1. The van der Waals surface area contributed by atoms with E-state index in [1.54, 1.807) is 26.4 Å². The van der Waals surface area contributed by atoms with E-state index in [-0.39, 0.29) is 11.8 Å². The molecule has 0 bridgehead atoms. The summed E-state index contributed by atoms with van der Waals surface area (Å²) in [5.74, 6) is 1.35. The molecule has 138 valence electrons. The molecular weight excluding hydrogens is 349 g/mol. The van der Waals surface area contributed by atoms with Crippen molar-refractivity contribution in [1.29, 1.82) is 0 Å². The predicted octanol–water partition coefficient (Wildman–Crippen LogP) is 3.25. The molecule has 4 aromatic rings. The molecular formula is C18H18FN7O. The van der Waals surface area contributed by atoms with Crippen LogP contribution in [0.2, 0.25) is 0 Å². The third kappa shape index (κ3) is 2.97. The van der Waals surface area contributed by atoms with Gasteiger partial charge in [-0.05, 0) is 19.1 Å². The number of aryl methyl sites for hydroxylation is 1. The summed E-state index contributed by atoms with van der Waals surface area (Å²) in [6.07, 6.45) is 3.12. The second-order valence-electron chi connectivity index (χ2n) is 6.27. The Hall–Kier alpha value is -3.49. The topological polar surface area (TPSA) is 91.8 Å². The number of fused-ring (bicyclic) bond motifs is 3. The summed E-state index contributed by atoms with van der Waals surface area (Å²) < 4.78 is 19.8. The summed E-state index contributed by atoms with van der Waals surface area (Å²) in [7, 11) is 5.46. The summed E-state index contributed by atoms with van der Waals surface area (Å²) in [5, 5.41) is 4.42. The molecule has 0 saturated heterocycles. The Morgan fingerprint density at radius 3 is 2.56 bits per heavy atom. The maximum atomic E-state index is 14.1. The van der Waals surface area contributed by atoms with Crippen LogP contribution < -0.4 is 15.0 Å². The first-order valence-electron chi connectivity index (χ1n) is 8.31. The Morgan fingerprint density at radius 2 is 1.89 bits per heavy atom. The molecule has 0 unspecified atom stereocenters. The SMILES string of the molecule is CNc1cc(F)cc2c1[nH]c1nc(Oc3cnc(C)nc3)nc(N(C)C)c12. The summed E-state index contributed by atoms with van der Waals surface area (Å²) >= 11 is 0. The standard InChI is InChI=1S/C18H18FN7O/c1-9-21-7-11(8-22-9)27-18-24-16-14(17(25-18)26(3)4)12-5-10(19)6-13(20-2)15(12)23-16/h5-8,20H,1-4H3,(H,23,24,25). The Bertz CT molecular complexity index is 1140. The van der Waals surface area contributed by atoms with Gasteiger partial charge in [0.25, 0.3) is 0 Å². The lowest BCUT2D eigenvalue weighted by atomic mass is 10.1. The molecule has 27 heavy (non-hydrogen) atoms. The van der Waals surface area contributed by atoms with Gasteiger partial charge in [-0.1, -0.05) is 0 Å². The lowest BCUT2D eigenvalue weighted by Gasteiger charge is -2.14. The Labute approximate surface area is 154 Å². The Balaban J connectivity index is 1.93. The van der Waals surface area contributed by atoms with Crippen LogP contribution in [0.5, 0.6) is 11.8 Å². The molecule has 0 amide bonds. The molecule has 2 N–H and O–H groups in total. The van der Waals surface area contributed by atoms with Gasteiger partial charge < -0.3 is 19.9 Å². The molecule has 0 aliphatic heterocycles. The molecule has 0 aliphatic rings. The highest BCUT2D eigenvalue weighted by molar-refractivity contribution is 6.14. The third-order valence-electron chi connectivity index (χ3n) is 4.14. The summed E-state index contributed by atoms with van der Waals surface area (Å²) in [4.78, 5) is 22.2. The molecule has 0 radical (unpaired) electrons. The second-order valence-corrected chi connectivity index (χ2v) is 6.27. The average Bonchev–Trinajstić information content (AvgIpc) is 3.00. The van der Waals surface area contributed by atoms with Gasteiger partial charge in [-0.25, -0.2) is 14.4 Å². The van der Waals surface area contributed by atoms with E-state index >= 15 is 0 Å². The van der Waals surface area contributed by atoms with Crippen molar-refractivity contribution < 1.29 is 9.13 Å². The molecule has 9 heteroatoms. The normalized spacial score (nSPS) is 11.1. The zero-order valence-corrected chi connectivity index (χ0v) is 15.3. The first kappa shape index (κ1) is 17.0. The van der Waals surface area contributed by atoms with Gasteiger partial charge in [-0.2, -0.15) is 9.97 Å². The smallest absolute Gasteiger partial charge is 0.326 e. The van der Waals surface area contributed by atoms with E-state index in [0.717, 1.165) is 10.9 Å². The van der Waals surface area contributed by atoms with E-state index in [1.807, 2.05) is 19.0 Å². The van der Waals surface area contributed by atoms with Crippen LogP contribution in [-0.4, -0.2) is 46.1 Å². The highest BCUT2D eigenvalue weighted by atomic mass is 19.1. The van der Waals surface area contributed by atoms with Crippen molar-refractivity contribution >= 4 is 33.4 Å². The number of hydrogen-bond donors (Lipinski definition) is 2. The Kier molecular flexibility index (Phi) is 3.98. The van der Waals surface area contributed by atoms with Crippen LogP contribution in [0.3, 0.4) is 0 Å². The largest absolute Gasteiger partial charge is 0.421 e. The van der Waals surface area contributed by atoms with Crippen molar-refractivity contribution in [1.82, 2.24) is 24.9 Å². The van der Waals surface area contributed by atoms with Crippen molar-refractivity contribution in [3.05, 3.63) is 36.2 Å².